The van der Waals surface area contributed by atoms with E-state index in [9.17, 15) is 9.90 Å². The number of aliphatic hydroxyl groups excluding tert-OH is 1. The van der Waals surface area contributed by atoms with Crippen LogP contribution in [0.15, 0.2) is 23.8 Å². The first-order chi connectivity index (χ1) is 13.0. The fourth-order valence-corrected chi connectivity index (χ4v) is 9.05. The summed E-state index contributed by atoms with van der Waals surface area (Å²) in [4.78, 5) is 12.0. The van der Waals surface area contributed by atoms with Gasteiger partial charge < -0.3 is 9.84 Å². The van der Waals surface area contributed by atoms with E-state index in [1.54, 1.807) is 0 Å². The van der Waals surface area contributed by atoms with Crippen molar-refractivity contribution in [3.8, 4) is 0 Å². The zero-order valence-electron chi connectivity index (χ0n) is 16.6. The quantitative estimate of drug-likeness (QED) is 0.703. The molecular formula is C24H32O3. The van der Waals surface area contributed by atoms with Gasteiger partial charge in [0.05, 0.1) is 5.60 Å². The van der Waals surface area contributed by atoms with Crippen molar-refractivity contribution in [1.82, 2.24) is 0 Å². The van der Waals surface area contributed by atoms with E-state index in [1.807, 2.05) is 12.2 Å². The molecular weight excluding hydrogens is 336 g/mol. The van der Waals surface area contributed by atoms with Gasteiger partial charge in [-0.05, 0) is 92.1 Å². The van der Waals surface area contributed by atoms with Crippen LogP contribution in [0.3, 0.4) is 0 Å². The molecule has 146 valence electrons. The van der Waals surface area contributed by atoms with Crippen LogP contribution in [0.2, 0.25) is 0 Å². The van der Waals surface area contributed by atoms with E-state index in [1.165, 1.54) is 24.8 Å². The van der Waals surface area contributed by atoms with Gasteiger partial charge >= 0.3 is 0 Å². The van der Waals surface area contributed by atoms with E-state index < -0.39 is 6.29 Å². The molecule has 5 aliphatic carbocycles. The molecule has 3 nitrogen and oxygen atoms in total. The summed E-state index contributed by atoms with van der Waals surface area (Å²) < 4.78 is 6.35. The third-order valence-electron chi connectivity index (χ3n) is 9.81. The Balaban J connectivity index is 1.42. The van der Waals surface area contributed by atoms with E-state index in [4.69, 9.17) is 4.74 Å². The first-order valence-electron chi connectivity index (χ1n) is 11.3. The average Bonchev–Trinajstić information content (AvgIpc) is 3.30. The van der Waals surface area contributed by atoms with Gasteiger partial charge in [0.1, 0.15) is 0 Å². The fraction of sp³-hybridized carbons (Fsp3) is 0.792. The highest BCUT2D eigenvalue weighted by Gasteiger charge is 2.78. The predicted molar refractivity (Wildman–Crippen MR) is 103 cm³/mol. The number of rotatable bonds is 1. The SMILES string of the molecule is CC[C@]12CCC3C(C1[C@@H]1C[C@@H]1[C@@]21C=CC(O)O1)[C@H](C)CC1=CC(=O)CC[C@@H]13. The first-order valence-corrected chi connectivity index (χ1v) is 11.3. The summed E-state index contributed by atoms with van der Waals surface area (Å²) in [5, 5.41) is 10.2. The zero-order chi connectivity index (χ0) is 18.6. The van der Waals surface area contributed by atoms with Crippen molar-refractivity contribution in [2.24, 2.45) is 46.8 Å². The van der Waals surface area contributed by atoms with Gasteiger partial charge in [0.2, 0.25) is 0 Å². The molecule has 4 unspecified atom stereocenters. The van der Waals surface area contributed by atoms with Gasteiger partial charge in [-0.15, -0.1) is 0 Å². The standard InChI is InChI=1S/C24H32O3/c1-3-23-8-6-17-16-5-4-15(25)11-14(16)10-13(2)21(17)22(23)18-12-19(18)24(23)9-7-20(26)27-24/h7,9,11,13,16-22,26H,3-6,8,10,12H2,1-2H3/t13-,16+,17?,18-,19+,20?,21?,22?,23+,24+/m1/s1. The fourth-order valence-electron chi connectivity index (χ4n) is 9.05. The van der Waals surface area contributed by atoms with E-state index in [0.717, 1.165) is 49.4 Å². The van der Waals surface area contributed by atoms with Crippen molar-refractivity contribution in [3.63, 3.8) is 0 Å². The Morgan fingerprint density at radius 1 is 1.30 bits per heavy atom. The van der Waals surface area contributed by atoms with E-state index in [0.29, 0.717) is 23.5 Å². The lowest BCUT2D eigenvalue weighted by Crippen LogP contribution is -2.57. The van der Waals surface area contributed by atoms with Crippen molar-refractivity contribution in [3.05, 3.63) is 23.8 Å². The molecule has 0 aromatic carbocycles. The third kappa shape index (κ3) is 1.93. The summed E-state index contributed by atoms with van der Waals surface area (Å²) in [5.41, 5.74) is 1.46. The highest BCUT2D eigenvalue weighted by molar-refractivity contribution is 5.91. The number of carbonyl (C=O) groups is 1. The molecule has 1 heterocycles. The number of hydrogen-bond acceptors (Lipinski definition) is 3. The molecule has 3 heteroatoms. The smallest absolute Gasteiger partial charge is 0.175 e. The molecule has 4 fully saturated rings. The second kappa shape index (κ2) is 5.36. The van der Waals surface area contributed by atoms with E-state index in [-0.39, 0.29) is 11.0 Å². The van der Waals surface area contributed by atoms with Gasteiger partial charge in [-0.2, -0.15) is 0 Å². The minimum atomic E-state index is -0.714. The van der Waals surface area contributed by atoms with Crippen molar-refractivity contribution < 1.29 is 14.6 Å². The molecule has 0 radical (unpaired) electrons. The second-order valence-electron chi connectivity index (χ2n) is 10.5. The summed E-state index contributed by atoms with van der Waals surface area (Å²) in [6.07, 6.45) is 13.4. The third-order valence-corrected chi connectivity index (χ3v) is 9.81. The molecule has 0 aromatic heterocycles. The number of allylic oxidation sites excluding steroid dienone is 1. The van der Waals surface area contributed by atoms with Gasteiger partial charge in [0.15, 0.2) is 12.1 Å². The molecule has 0 amide bonds. The van der Waals surface area contributed by atoms with Gasteiger partial charge in [0, 0.05) is 11.8 Å². The normalized spacial score (nSPS) is 57.7. The Hall–Kier alpha value is -0.930. The van der Waals surface area contributed by atoms with Gasteiger partial charge in [-0.25, -0.2) is 0 Å². The second-order valence-corrected chi connectivity index (χ2v) is 10.5. The minimum absolute atomic E-state index is 0.204. The Kier molecular flexibility index (Phi) is 3.37. The minimum Gasteiger partial charge on any atom is -0.365 e. The summed E-state index contributed by atoms with van der Waals surface area (Å²) in [5.74, 6) is 5.31. The average molecular weight is 369 g/mol. The lowest BCUT2D eigenvalue weighted by atomic mass is 9.46. The molecule has 6 rings (SSSR count). The highest BCUT2D eigenvalue weighted by Crippen LogP contribution is 2.79. The van der Waals surface area contributed by atoms with Gasteiger partial charge in [0.25, 0.3) is 0 Å². The maximum atomic E-state index is 12.0. The number of carbonyl (C=O) groups excluding carboxylic acids is 1. The topological polar surface area (TPSA) is 46.5 Å². The van der Waals surface area contributed by atoms with Crippen molar-refractivity contribution in [1.29, 1.82) is 0 Å². The van der Waals surface area contributed by atoms with Gasteiger partial charge in [-0.3, -0.25) is 4.79 Å². The van der Waals surface area contributed by atoms with Gasteiger partial charge in [-0.1, -0.05) is 25.5 Å². The van der Waals surface area contributed by atoms with Crippen molar-refractivity contribution in [2.45, 2.75) is 70.7 Å². The Bertz CT molecular complexity index is 753. The monoisotopic (exact) mass is 368 g/mol. The maximum absolute atomic E-state index is 12.0. The molecule has 1 N–H and O–H groups in total. The van der Waals surface area contributed by atoms with Crippen LogP contribution in [0, 0.1) is 46.8 Å². The van der Waals surface area contributed by atoms with Crippen molar-refractivity contribution >= 4 is 5.78 Å². The molecule has 6 aliphatic rings. The number of aliphatic hydroxyl groups is 1. The number of fused-ring (bicyclic) bond motifs is 9. The van der Waals surface area contributed by atoms with Crippen LogP contribution in [0.1, 0.15) is 58.8 Å². The molecule has 10 atom stereocenters. The van der Waals surface area contributed by atoms with Crippen LogP contribution in [0.4, 0.5) is 0 Å². The molecule has 1 spiro atoms. The maximum Gasteiger partial charge on any atom is 0.175 e. The largest absolute Gasteiger partial charge is 0.365 e. The lowest BCUT2D eigenvalue weighted by Gasteiger charge is -2.60. The number of ether oxygens (including phenoxy) is 1. The number of ketones is 1. The van der Waals surface area contributed by atoms with Crippen LogP contribution >= 0.6 is 0 Å². The molecule has 0 bridgehead atoms. The predicted octanol–water partition coefficient (Wildman–Crippen LogP) is 4.26. The Morgan fingerprint density at radius 3 is 2.89 bits per heavy atom. The summed E-state index contributed by atoms with van der Waals surface area (Å²) in [7, 11) is 0. The summed E-state index contributed by atoms with van der Waals surface area (Å²) in [6.45, 7) is 4.81. The lowest BCUT2D eigenvalue weighted by molar-refractivity contribution is -0.205. The molecule has 0 aromatic rings. The first kappa shape index (κ1) is 17.0. The molecule has 1 aliphatic heterocycles. The summed E-state index contributed by atoms with van der Waals surface area (Å²) in [6, 6.07) is 0. The highest BCUT2D eigenvalue weighted by atomic mass is 16.6. The Labute approximate surface area is 162 Å². The van der Waals surface area contributed by atoms with Crippen LogP contribution in [-0.4, -0.2) is 22.8 Å². The summed E-state index contributed by atoms with van der Waals surface area (Å²) >= 11 is 0. The molecule has 4 saturated carbocycles. The van der Waals surface area contributed by atoms with Crippen LogP contribution in [0.5, 0.6) is 0 Å². The van der Waals surface area contributed by atoms with Crippen LogP contribution in [-0.2, 0) is 9.53 Å². The van der Waals surface area contributed by atoms with E-state index in [2.05, 4.69) is 19.9 Å². The zero-order valence-corrected chi connectivity index (χ0v) is 16.6. The Morgan fingerprint density at radius 2 is 2.15 bits per heavy atom. The molecule has 0 saturated heterocycles. The van der Waals surface area contributed by atoms with Crippen LogP contribution < -0.4 is 0 Å². The van der Waals surface area contributed by atoms with E-state index >= 15 is 0 Å². The van der Waals surface area contributed by atoms with Crippen LogP contribution in [0.25, 0.3) is 0 Å². The number of hydrogen-bond donors (Lipinski definition) is 1. The molecule has 27 heavy (non-hydrogen) atoms. The van der Waals surface area contributed by atoms with Crippen molar-refractivity contribution in [2.75, 3.05) is 0 Å².